The van der Waals surface area contributed by atoms with E-state index in [-0.39, 0.29) is 30.9 Å². The third kappa shape index (κ3) is 6.44. The molecular weight excluding hydrogens is 270 g/mol. The predicted octanol–water partition coefficient (Wildman–Crippen LogP) is 0.206. The monoisotopic (exact) mass is 299 g/mol. The molecule has 0 spiro atoms. The van der Waals surface area contributed by atoms with Gasteiger partial charge in [-0.15, -0.1) is 0 Å². The number of piperidine rings is 1. The van der Waals surface area contributed by atoms with Crippen LogP contribution in [-0.4, -0.2) is 71.1 Å². The Morgan fingerprint density at radius 2 is 2.10 bits per heavy atom. The third-order valence-electron chi connectivity index (χ3n) is 3.63. The van der Waals surface area contributed by atoms with Crippen LogP contribution in [0.5, 0.6) is 0 Å². The van der Waals surface area contributed by atoms with E-state index < -0.39 is 5.60 Å². The van der Waals surface area contributed by atoms with Gasteiger partial charge < -0.3 is 15.3 Å². The average molecular weight is 299 g/mol. The van der Waals surface area contributed by atoms with Crippen molar-refractivity contribution in [3.63, 3.8) is 0 Å². The van der Waals surface area contributed by atoms with Gasteiger partial charge in [-0.05, 0) is 47.1 Å². The molecular formula is C15H29N3O3. The molecule has 0 aromatic carbocycles. The minimum absolute atomic E-state index is 0.0610. The van der Waals surface area contributed by atoms with Crippen LogP contribution in [0.15, 0.2) is 0 Å². The van der Waals surface area contributed by atoms with Crippen molar-refractivity contribution < 1.29 is 14.7 Å². The maximum absolute atomic E-state index is 12.3. The first-order valence-electron chi connectivity index (χ1n) is 7.75. The maximum atomic E-state index is 12.3. The number of likely N-dealkylation sites (tertiary alicyclic amines) is 1. The van der Waals surface area contributed by atoms with Gasteiger partial charge in [-0.2, -0.15) is 0 Å². The van der Waals surface area contributed by atoms with Gasteiger partial charge in [0.15, 0.2) is 0 Å². The van der Waals surface area contributed by atoms with E-state index in [1.165, 1.54) is 0 Å². The van der Waals surface area contributed by atoms with E-state index in [0.717, 1.165) is 19.4 Å². The van der Waals surface area contributed by atoms with Crippen LogP contribution in [0, 0.1) is 0 Å². The summed E-state index contributed by atoms with van der Waals surface area (Å²) in [6, 6.07) is 0.0727. The standard InChI is InChI=1S/C15H29N3O3/c1-5-18(9-13(19)16-12(2)3)14(20)10-17-8-6-7-15(4,21)11-17/h12,21H,5-11H2,1-4H3,(H,16,19). The largest absolute Gasteiger partial charge is 0.389 e. The Balaban J connectivity index is 2.49. The van der Waals surface area contributed by atoms with Crippen LogP contribution in [0.25, 0.3) is 0 Å². The number of hydrogen-bond acceptors (Lipinski definition) is 4. The molecule has 1 saturated heterocycles. The van der Waals surface area contributed by atoms with Crippen molar-refractivity contribution in [2.45, 2.75) is 52.2 Å². The Hall–Kier alpha value is -1.14. The van der Waals surface area contributed by atoms with E-state index in [9.17, 15) is 14.7 Å². The van der Waals surface area contributed by atoms with Crippen molar-refractivity contribution in [3.05, 3.63) is 0 Å². The number of nitrogens with one attached hydrogen (secondary N) is 1. The van der Waals surface area contributed by atoms with Gasteiger partial charge in [-0.3, -0.25) is 14.5 Å². The molecule has 0 bridgehead atoms. The normalized spacial score (nSPS) is 23.1. The van der Waals surface area contributed by atoms with Gasteiger partial charge in [0.2, 0.25) is 11.8 Å². The lowest BCUT2D eigenvalue weighted by molar-refractivity contribution is -0.138. The molecule has 0 saturated carbocycles. The van der Waals surface area contributed by atoms with Gasteiger partial charge in [0.05, 0.1) is 18.7 Å². The van der Waals surface area contributed by atoms with Gasteiger partial charge >= 0.3 is 0 Å². The van der Waals surface area contributed by atoms with E-state index >= 15 is 0 Å². The number of carbonyl (C=O) groups excluding carboxylic acids is 2. The van der Waals surface area contributed by atoms with Gasteiger partial charge in [0.25, 0.3) is 0 Å². The molecule has 6 nitrogen and oxygen atoms in total. The molecule has 0 aromatic rings. The second-order valence-electron chi connectivity index (χ2n) is 6.44. The van der Waals surface area contributed by atoms with Crippen molar-refractivity contribution in [3.8, 4) is 0 Å². The number of hydrogen-bond donors (Lipinski definition) is 2. The number of amides is 2. The summed E-state index contributed by atoms with van der Waals surface area (Å²) in [7, 11) is 0. The van der Waals surface area contributed by atoms with Crippen molar-refractivity contribution in [2.24, 2.45) is 0 Å². The second kappa shape index (κ2) is 7.75. The van der Waals surface area contributed by atoms with E-state index in [1.54, 1.807) is 11.8 Å². The molecule has 2 amide bonds. The van der Waals surface area contributed by atoms with Gasteiger partial charge in [-0.25, -0.2) is 0 Å². The van der Waals surface area contributed by atoms with Gasteiger partial charge in [-0.1, -0.05) is 0 Å². The second-order valence-corrected chi connectivity index (χ2v) is 6.44. The summed E-state index contributed by atoms with van der Waals surface area (Å²) < 4.78 is 0. The number of β-amino-alcohol motifs (C(OH)–C–C–N with tert-alkyl or cyclic N) is 1. The van der Waals surface area contributed by atoms with Crippen molar-refractivity contribution in [2.75, 3.05) is 32.7 Å². The summed E-state index contributed by atoms with van der Waals surface area (Å²) in [6.07, 6.45) is 1.66. The molecule has 1 atom stereocenters. The van der Waals surface area contributed by atoms with Crippen LogP contribution >= 0.6 is 0 Å². The highest BCUT2D eigenvalue weighted by atomic mass is 16.3. The van der Waals surface area contributed by atoms with Gasteiger partial charge in [0.1, 0.15) is 0 Å². The lowest BCUT2D eigenvalue weighted by Gasteiger charge is -2.37. The lowest BCUT2D eigenvalue weighted by Crippen LogP contribution is -2.51. The smallest absolute Gasteiger partial charge is 0.239 e. The molecule has 21 heavy (non-hydrogen) atoms. The Kier molecular flexibility index (Phi) is 6.61. The molecule has 1 aliphatic heterocycles. The Labute approximate surface area is 127 Å². The Bertz CT molecular complexity index is 369. The zero-order chi connectivity index (χ0) is 16.0. The maximum Gasteiger partial charge on any atom is 0.239 e. The van der Waals surface area contributed by atoms with Crippen molar-refractivity contribution >= 4 is 11.8 Å². The highest BCUT2D eigenvalue weighted by molar-refractivity contribution is 5.85. The number of likely N-dealkylation sites (N-methyl/N-ethyl adjacent to an activating group) is 1. The van der Waals surface area contributed by atoms with Crippen LogP contribution < -0.4 is 5.32 Å². The van der Waals surface area contributed by atoms with Crippen LogP contribution in [0.4, 0.5) is 0 Å². The minimum Gasteiger partial charge on any atom is -0.389 e. The SMILES string of the molecule is CCN(CC(=O)NC(C)C)C(=O)CN1CCCC(C)(O)C1. The first-order valence-corrected chi connectivity index (χ1v) is 7.75. The molecule has 1 heterocycles. The number of carbonyl (C=O) groups is 2. The molecule has 2 N–H and O–H groups in total. The molecule has 0 aliphatic carbocycles. The molecule has 0 radical (unpaired) electrons. The van der Waals surface area contributed by atoms with Crippen LogP contribution in [-0.2, 0) is 9.59 Å². The fourth-order valence-electron chi connectivity index (χ4n) is 2.67. The number of rotatable bonds is 6. The summed E-state index contributed by atoms with van der Waals surface area (Å²) in [5, 5.41) is 12.9. The highest BCUT2D eigenvalue weighted by Crippen LogP contribution is 2.19. The topological polar surface area (TPSA) is 72.9 Å². The predicted molar refractivity (Wildman–Crippen MR) is 81.8 cm³/mol. The molecule has 6 heteroatoms. The van der Waals surface area contributed by atoms with E-state index in [1.807, 2.05) is 25.7 Å². The van der Waals surface area contributed by atoms with E-state index in [0.29, 0.717) is 13.1 Å². The fourth-order valence-corrected chi connectivity index (χ4v) is 2.67. The molecule has 1 aliphatic rings. The van der Waals surface area contributed by atoms with Gasteiger partial charge in [0, 0.05) is 19.1 Å². The molecule has 122 valence electrons. The zero-order valence-corrected chi connectivity index (χ0v) is 13.7. The number of aliphatic hydroxyl groups is 1. The van der Waals surface area contributed by atoms with Crippen molar-refractivity contribution in [1.29, 1.82) is 0 Å². The summed E-state index contributed by atoms with van der Waals surface area (Å²) in [4.78, 5) is 27.6. The molecule has 0 aromatic heterocycles. The highest BCUT2D eigenvalue weighted by Gasteiger charge is 2.30. The summed E-state index contributed by atoms with van der Waals surface area (Å²) >= 11 is 0. The Morgan fingerprint density at radius 1 is 1.43 bits per heavy atom. The summed E-state index contributed by atoms with van der Waals surface area (Å²) in [5.41, 5.74) is -0.718. The molecule has 1 rings (SSSR count). The van der Waals surface area contributed by atoms with Crippen LogP contribution in [0.1, 0.15) is 40.5 Å². The van der Waals surface area contributed by atoms with Crippen molar-refractivity contribution in [1.82, 2.24) is 15.1 Å². The molecule has 1 fully saturated rings. The number of nitrogens with zero attached hydrogens (tertiary/aromatic N) is 2. The molecule has 1 unspecified atom stereocenters. The quantitative estimate of drug-likeness (QED) is 0.735. The lowest BCUT2D eigenvalue weighted by atomic mass is 9.95. The summed E-state index contributed by atoms with van der Waals surface area (Å²) in [5.74, 6) is -0.194. The van der Waals surface area contributed by atoms with Crippen LogP contribution in [0.3, 0.4) is 0 Å². The van der Waals surface area contributed by atoms with Crippen LogP contribution in [0.2, 0.25) is 0 Å². The van der Waals surface area contributed by atoms with E-state index in [2.05, 4.69) is 5.32 Å². The first-order chi connectivity index (χ1) is 9.73. The van der Waals surface area contributed by atoms with E-state index in [4.69, 9.17) is 0 Å². The zero-order valence-electron chi connectivity index (χ0n) is 13.7. The average Bonchev–Trinajstić information content (AvgIpc) is 2.33. The minimum atomic E-state index is -0.718. The third-order valence-corrected chi connectivity index (χ3v) is 3.63. The Morgan fingerprint density at radius 3 is 2.62 bits per heavy atom. The first kappa shape index (κ1) is 17.9. The summed E-state index contributed by atoms with van der Waals surface area (Å²) in [6.45, 7) is 9.65. The fraction of sp³-hybridized carbons (Fsp3) is 0.867.